The molecule has 1 aromatic carbocycles. The van der Waals surface area contributed by atoms with E-state index in [9.17, 15) is 9.59 Å². The molecule has 0 saturated carbocycles. The molecule has 1 aliphatic rings. The second-order valence-corrected chi connectivity index (χ2v) is 5.10. The molecule has 0 radical (unpaired) electrons. The van der Waals surface area contributed by atoms with Gasteiger partial charge in [0.1, 0.15) is 0 Å². The van der Waals surface area contributed by atoms with Crippen LogP contribution in [0.4, 0.5) is 10.5 Å². The first-order chi connectivity index (χ1) is 10.1. The molecule has 2 N–H and O–H groups in total. The van der Waals surface area contributed by atoms with E-state index in [4.69, 9.17) is 4.74 Å². The standard InChI is InChI=1S/C15H21N3O3/c1-16-14(19)11-5-7-12(8-6-11)17-15(20)18(2)10-13-4-3-9-21-13/h5-8,13H,3-4,9-10H2,1-2H3,(H,16,19)(H,17,20)/t13-/m1/s1. The Balaban J connectivity index is 1.87. The quantitative estimate of drug-likeness (QED) is 0.887. The van der Waals surface area contributed by atoms with Crippen molar-refractivity contribution in [3.63, 3.8) is 0 Å². The topological polar surface area (TPSA) is 70.7 Å². The Morgan fingerprint density at radius 2 is 2.05 bits per heavy atom. The van der Waals surface area contributed by atoms with Crippen LogP contribution in [0.15, 0.2) is 24.3 Å². The van der Waals surface area contributed by atoms with Gasteiger partial charge in [-0.1, -0.05) is 0 Å². The van der Waals surface area contributed by atoms with Crippen LogP contribution in [-0.4, -0.2) is 50.2 Å². The maximum Gasteiger partial charge on any atom is 0.321 e. The summed E-state index contributed by atoms with van der Waals surface area (Å²) in [4.78, 5) is 25.1. The molecular weight excluding hydrogens is 270 g/mol. The minimum atomic E-state index is -0.182. The van der Waals surface area contributed by atoms with Crippen LogP contribution in [0, 0.1) is 0 Å². The van der Waals surface area contributed by atoms with Crippen molar-refractivity contribution in [3.05, 3.63) is 29.8 Å². The lowest BCUT2D eigenvalue weighted by molar-refractivity contribution is 0.0894. The summed E-state index contributed by atoms with van der Waals surface area (Å²) in [5, 5.41) is 5.35. The zero-order valence-corrected chi connectivity index (χ0v) is 12.4. The highest BCUT2D eigenvalue weighted by atomic mass is 16.5. The van der Waals surface area contributed by atoms with Crippen molar-refractivity contribution in [3.8, 4) is 0 Å². The van der Waals surface area contributed by atoms with E-state index < -0.39 is 0 Å². The lowest BCUT2D eigenvalue weighted by Crippen LogP contribution is -2.37. The predicted molar refractivity (Wildman–Crippen MR) is 80.5 cm³/mol. The fraction of sp³-hybridized carbons (Fsp3) is 0.467. The molecule has 1 saturated heterocycles. The van der Waals surface area contributed by atoms with Crippen LogP contribution < -0.4 is 10.6 Å². The van der Waals surface area contributed by atoms with Gasteiger partial charge in [-0.25, -0.2) is 4.79 Å². The van der Waals surface area contributed by atoms with Gasteiger partial charge in [-0.3, -0.25) is 4.79 Å². The molecule has 3 amide bonds. The van der Waals surface area contributed by atoms with Crippen LogP contribution in [0.5, 0.6) is 0 Å². The number of carbonyl (C=O) groups excluding carboxylic acids is 2. The summed E-state index contributed by atoms with van der Waals surface area (Å²) in [6, 6.07) is 6.59. The van der Waals surface area contributed by atoms with Gasteiger partial charge in [0.25, 0.3) is 5.91 Å². The molecule has 0 unspecified atom stereocenters. The number of carbonyl (C=O) groups is 2. The lowest BCUT2D eigenvalue weighted by Gasteiger charge is -2.21. The van der Waals surface area contributed by atoms with Gasteiger partial charge in [0.15, 0.2) is 0 Å². The number of likely N-dealkylation sites (N-methyl/N-ethyl adjacent to an activating group) is 1. The average Bonchev–Trinajstić information content (AvgIpc) is 3.00. The minimum absolute atomic E-state index is 0.136. The Hall–Kier alpha value is -2.08. The number of hydrogen-bond donors (Lipinski definition) is 2. The third-order valence-electron chi connectivity index (χ3n) is 3.47. The van der Waals surface area contributed by atoms with Gasteiger partial charge in [-0.2, -0.15) is 0 Å². The normalized spacial score (nSPS) is 17.3. The van der Waals surface area contributed by atoms with E-state index in [1.54, 1.807) is 43.3 Å². The molecule has 1 aliphatic heterocycles. The summed E-state index contributed by atoms with van der Waals surface area (Å²) in [6.45, 7) is 1.36. The van der Waals surface area contributed by atoms with Crippen molar-refractivity contribution in [2.75, 3.05) is 32.6 Å². The maximum absolute atomic E-state index is 12.1. The second-order valence-electron chi connectivity index (χ2n) is 5.10. The van der Waals surface area contributed by atoms with E-state index in [1.807, 2.05) is 0 Å². The van der Waals surface area contributed by atoms with Crippen LogP contribution in [0.2, 0.25) is 0 Å². The predicted octanol–water partition coefficient (Wildman–Crippen LogP) is 1.69. The Morgan fingerprint density at radius 1 is 1.33 bits per heavy atom. The first kappa shape index (κ1) is 15.3. The smallest absolute Gasteiger partial charge is 0.321 e. The van der Waals surface area contributed by atoms with Crippen molar-refractivity contribution in [1.82, 2.24) is 10.2 Å². The van der Waals surface area contributed by atoms with Gasteiger partial charge in [0.05, 0.1) is 6.10 Å². The molecule has 1 aromatic rings. The number of hydrogen-bond acceptors (Lipinski definition) is 3. The number of anilines is 1. The highest BCUT2D eigenvalue weighted by Gasteiger charge is 2.20. The van der Waals surface area contributed by atoms with E-state index in [-0.39, 0.29) is 18.0 Å². The van der Waals surface area contributed by atoms with Crippen molar-refractivity contribution >= 4 is 17.6 Å². The van der Waals surface area contributed by atoms with Crippen molar-refractivity contribution < 1.29 is 14.3 Å². The van der Waals surface area contributed by atoms with Gasteiger partial charge in [-0.05, 0) is 37.1 Å². The highest BCUT2D eigenvalue weighted by molar-refractivity contribution is 5.95. The maximum atomic E-state index is 12.1. The second kappa shape index (κ2) is 7.08. The number of nitrogens with zero attached hydrogens (tertiary/aromatic N) is 1. The molecule has 21 heavy (non-hydrogen) atoms. The molecule has 0 spiro atoms. The number of benzene rings is 1. The molecule has 1 heterocycles. The van der Waals surface area contributed by atoms with E-state index in [0.717, 1.165) is 19.4 Å². The third kappa shape index (κ3) is 4.19. The fourth-order valence-corrected chi connectivity index (χ4v) is 2.24. The zero-order valence-electron chi connectivity index (χ0n) is 12.4. The molecule has 1 atom stereocenters. The number of amides is 3. The number of nitrogens with one attached hydrogen (secondary N) is 2. The first-order valence-electron chi connectivity index (χ1n) is 7.06. The monoisotopic (exact) mass is 291 g/mol. The largest absolute Gasteiger partial charge is 0.376 e. The molecule has 1 fully saturated rings. The highest BCUT2D eigenvalue weighted by Crippen LogP contribution is 2.14. The summed E-state index contributed by atoms with van der Waals surface area (Å²) in [5.74, 6) is -0.150. The summed E-state index contributed by atoms with van der Waals surface area (Å²) in [5.41, 5.74) is 1.22. The van der Waals surface area contributed by atoms with E-state index in [1.165, 1.54) is 0 Å². The fourth-order valence-electron chi connectivity index (χ4n) is 2.24. The van der Waals surface area contributed by atoms with E-state index >= 15 is 0 Å². The van der Waals surface area contributed by atoms with Gasteiger partial charge in [-0.15, -0.1) is 0 Å². The minimum Gasteiger partial charge on any atom is -0.376 e. The summed E-state index contributed by atoms with van der Waals surface area (Å²) in [6.07, 6.45) is 2.19. The van der Waals surface area contributed by atoms with Crippen LogP contribution >= 0.6 is 0 Å². The van der Waals surface area contributed by atoms with Crippen molar-refractivity contribution in [1.29, 1.82) is 0 Å². The molecule has 114 valence electrons. The van der Waals surface area contributed by atoms with Gasteiger partial charge in [0.2, 0.25) is 0 Å². The molecular formula is C15H21N3O3. The number of rotatable bonds is 4. The van der Waals surface area contributed by atoms with Crippen LogP contribution in [0.25, 0.3) is 0 Å². The molecule has 6 heteroatoms. The molecule has 0 aliphatic carbocycles. The van der Waals surface area contributed by atoms with Gasteiger partial charge in [0, 0.05) is 38.5 Å². The summed E-state index contributed by atoms with van der Waals surface area (Å²) < 4.78 is 5.51. The first-order valence-corrected chi connectivity index (χ1v) is 7.06. The van der Waals surface area contributed by atoms with Crippen LogP contribution in [0.3, 0.4) is 0 Å². The van der Waals surface area contributed by atoms with E-state index in [0.29, 0.717) is 17.8 Å². The lowest BCUT2D eigenvalue weighted by atomic mass is 10.2. The third-order valence-corrected chi connectivity index (χ3v) is 3.47. The Labute approximate surface area is 124 Å². The average molecular weight is 291 g/mol. The number of urea groups is 1. The van der Waals surface area contributed by atoms with Crippen LogP contribution in [-0.2, 0) is 4.74 Å². The number of ether oxygens (including phenoxy) is 1. The van der Waals surface area contributed by atoms with Crippen molar-refractivity contribution in [2.45, 2.75) is 18.9 Å². The summed E-state index contributed by atoms with van der Waals surface area (Å²) in [7, 11) is 3.33. The Morgan fingerprint density at radius 3 is 2.62 bits per heavy atom. The van der Waals surface area contributed by atoms with Crippen LogP contribution in [0.1, 0.15) is 23.2 Å². The van der Waals surface area contributed by atoms with E-state index in [2.05, 4.69) is 10.6 Å². The zero-order chi connectivity index (χ0) is 15.2. The molecule has 6 nitrogen and oxygen atoms in total. The Kier molecular flexibility index (Phi) is 5.16. The molecule has 2 rings (SSSR count). The molecule has 0 bridgehead atoms. The molecule has 0 aromatic heterocycles. The van der Waals surface area contributed by atoms with Gasteiger partial charge >= 0.3 is 6.03 Å². The summed E-state index contributed by atoms with van der Waals surface area (Å²) >= 11 is 0. The SMILES string of the molecule is CNC(=O)c1ccc(NC(=O)N(C)C[C@H]2CCCO2)cc1. The Bertz CT molecular complexity index is 495. The van der Waals surface area contributed by atoms with Gasteiger partial charge < -0.3 is 20.3 Å². The van der Waals surface area contributed by atoms with Crippen molar-refractivity contribution in [2.24, 2.45) is 0 Å².